The van der Waals surface area contributed by atoms with Gasteiger partial charge in [-0.25, -0.2) is 0 Å². The van der Waals surface area contributed by atoms with Crippen LogP contribution in [0.3, 0.4) is 0 Å². The number of hydrogen-bond acceptors (Lipinski definition) is 5. The van der Waals surface area contributed by atoms with E-state index in [1.54, 1.807) is 12.1 Å². The lowest BCUT2D eigenvalue weighted by Crippen LogP contribution is -2.08. The number of phenols is 2. The van der Waals surface area contributed by atoms with E-state index in [1.165, 1.54) is 18.3 Å². The van der Waals surface area contributed by atoms with Gasteiger partial charge in [0.25, 0.3) is 5.56 Å². The lowest BCUT2D eigenvalue weighted by Gasteiger charge is -2.09. The minimum absolute atomic E-state index is 0.198. The third-order valence-corrected chi connectivity index (χ3v) is 5.03. The van der Waals surface area contributed by atoms with Crippen LogP contribution in [0, 0.1) is 6.92 Å². The van der Waals surface area contributed by atoms with Crippen LogP contribution >= 0.6 is 0 Å². The fraction of sp³-hybridized carbons (Fsp3) is 0.0833. The molecule has 150 valence electrons. The quantitative estimate of drug-likeness (QED) is 0.304. The third kappa shape index (κ3) is 3.63. The fourth-order valence-electron chi connectivity index (χ4n) is 3.44. The van der Waals surface area contributed by atoms with Crippen molar-refractivity contribution in [3.63, 3.8) is 0 Å². The number of nitrogens with zero attached hydrogens (tertiary/aromatic N) is 1. The van der Waals surface area contributed by atoms with Gasteiger partial charge in [-0.2, -0.15) is 0 Å². The molecule has 6 nitrogen and oxygen atoms in total. The predicted octanol–water partition coefficient (Wildman–Crippen LogP) is 4.24. The summed E-state index contributed by atoms with van der Waals surface area (Å²) < 4.78 is 0. The number of hydrogen-bond donors (Lipinski definition) is 4. The number of aryl methyl sites for hydroxylation is 1. The van der Waals surface area contributed by atoms with Gasteiger partial charge in [0, 0.05) is 17.0 Å². The summed E-state index contributed by atoms with van der Waals surface area (Å²) in [5.41, 5.74) is 3.80. The van der Waals surface area contributed by atoms with Crippen LogP contribution in [0.4, 0.5) is 0 Å². The van der Waals surface area contributed by atoms with Gasteiger partial charge in [-0.05, 0) is 53.4 Å². The molecule has 0 spiro atoms. The Labute approximate surface area is 172 Å². The number of nitrogens with one attached hydrogen (secondary N) is 1. The lowest BCUT2D eigenvalue weighted by molar-refractivity contribution is 0.403. The molecule has 0 aliphatic carbocycles. The van der Waals surface area contributed by atoms with Gasteiger partial charge in [0.2, 0.25) is 5.88 Å². The number of aliphatic imine (C=N–C) groups is 1. The van der Waals surface area contributed by atoms with Crippen molar-refractivity contribution >= 4 is 17.0 Å². The van der Waals surface area contributed by atoms with Gasteiger partial charge in [-0.15, -0.1) is 0 Å². The molecule has 0 fully saturated rings. The van der Waals surface area contributed by atoms with E-state index in [4.69, 9.17) is 0 Å². The monoisotopic (exact) mass is 400 g/mol. The maximum Gasteiger partial charge on any atom is 0.258 e. The van der Waals surface area contributed by atoms with E-state index < -0.39 is 0 Å². The van der Waals surface area contributed by atoms with Crippen molar-refractivity contribution in [3.8, 4) is 28.5 Å². The minimum atomic E-state index is -0.376. The first kappa shape index (κ1) is 19.3. The van der Waals surface area contributed by atoms with E-state index in [-0.39, 0.29) is 29.5 Å². The summed E-state index contributed by atoms with van der Waals surface area (Å²) in [6.07, 6.45) is 1.50. The summed E-state index contributed by atoms with van der Waals surface area (Å²) in [5.74, 6) is -0.676. The fourth-order valence-corrected chi connectivity index (χ4v) is 3.44. The molecule has 0 aliphatic rings. The summed E-state index contributed by atoms with van der Waals surface area (Å²) in [4.78, 5) is 19.1. The highest BCUT2D eigenvalue weighted by Gasteiger charge is 2.11. The van der Waals surface area contributed by atoms with Crippen LogP contribution in [0.15, 0.2) is 70.5 Å². The first-order valence-corrected chi connectivity index (χ1v) is 9.40. The van der Waals surface area contributed by atoms with Crippen molar-refractivity contribution in [2.24, 2.45) is 4.99 Å². The number of aromatic hydroxyl groups is 3. The Hall–Kier alpha value is -4.06. The van der Waals surface area contributed by atoms with Crippen LogP contribution in [-0.4, -0.2) is 26.5 Å². The molecule has 1 heterocycles. The van der Waals surface area contributed by atoms with E-state index in [0.717, 1.165) is 16.7 Å². The zero-order valence-corrected chi connectivity index (χ0v) is 16.3. The van der Waals surface area contributed by atoms with Gasteiger partial charge in [0.1, 0.15) is 0 Å². The minimum Gasteiger partial charge on any atom is -0.504 e. The van der Waals surface area contributed by atoms with E-state index in [1.807, 2.05) is 43.3 Å². The van der Waals surface area contributed by atoms with E-state index in [2.05, 4.69) is 9.98 Å². The van der Waals surface area contributed by atoms with Crippen LogP contribution in [0.5, 0.6) is 17.4 Å². The molecule has 30 heavy (non-hydrogen) atoms. The number of rotatable bonds is 4. The zero-order valence-electron chi connectivity index (χ0n) is 16.3. The molecule has 0 saturated carbocycles. The van der Waals surface area contributed by atoms with Gasteiger partial charge in [0.15, 0.2) is 11.5 Å². The maximum absolute atomic E-state index is 12.3. The van der Waals surface area contributed by atoms with Gasteiger partial charge in [0.05, 0.1) is 12.1 Å². The second-order valence-corrected chi connectivity index (χ2v) is 7.08. The molecular formula is C24H20N2O4. The van der Waals surface area contributed by atoms with Crippen molar-refractivity contribution < 1.29 is 15.3 Å². The summed E-state index contributed by atoms with van der Waals surface area (Å²) in [6.45, 7) is 2.25. The molecule has 4 rings (SSSR count). The molecule has 6 heteroatoms. The Balaban J connectivity index is 1.78. The summed E-state index contributed by atoms with van der Waals surface area (Å²) >= 11 is 0. The summed E-state index contributed by atoms with van der Waals surface area (Å²) in [5, 5.41) is 30.4. The van der Waals surface area contributed by atoms with Crippen LogP contribution in [0.2, 0.25) is 0 Å². The largest absolute Gasteiger partial charge is 0.504 e. The lowest BCUT2D eigenvalue weighted by atomic mass is 9.97. The van der Waals surface area contributed by atoms with Gasteiger partial charge >= 0.3 is 0 Å². The molecule has 0 atom stereocenters. The topological polar surface area (TPSA) is 106 Å². The number of aromatic nitrogens is 1. The maximum atomic E-state index is 12.3. The smallest absolute Gasteiger partial charge is 0.258 e. The first-order valence-electron chi connectivity index (χ1n) is 9.40. The number of pyridine rings is 1. The van der Waals surface area contributed by atoms with Crippen molar-refractivity contribution in [2.75, 3.05) is 0 Å². The standard InChI is InChI=1S/C24H20N2O4/c1-14-4-2-3-5-17(14)16-7-8-18-19(11-16)20(24(30)26-23(18)29)13-25-12-15-6-9-21(27)22(28)10-15/h2-11,13,27-28H,12H2,1H3,(H2,26,29,30). The molecule has 0 amide bonds. The van der Waals surface area contributed by atoms with E-state index >= 15 is 0 Å². The first-order chi connectivity index (χ1) is 14.4. The van der Waals surface area contributed by atoms with Gasteiger partial charge < -0.3 is 15.3 Å². The molecule has 0 unspecified atom stereocenters. The second kappa shape index (κ2) is 7.75. The van der Waals surface area contributed by atoms with Crippen LogP contribution in [0.1, 0.15) is 16.7 Å². The predicted molar refractivity (Wildman–Crippen MR) is 117 cm³/mol. The average molecular weight is 400 g/mol. The van der Waals surface area contributed by atoms with E-state index in [0.29, 0.717) is 21.9 Å². The van der Waals surface area contributed by atoms with Crippen molar-refractivity contribution in [1.82, 2.24) is 4.98 Å². The summed E-state index contributed by atoms with van der Waals surface area (Å²) in [7, 11) is 0. The Bertz CT molecular complexity index is 1340. The Morgan fingerprint density at radius 1 is 0.933 bits per heavy atom. The number of benzene rings is 3. The normalized spacial score (nSPS) is 11.4. The molecule has 0 bridgehead atoms. The number of aromatic amines is 1. The Morgan fingerprint density at radius 3 is 2.50 bits per heavy atom. The van der Waals surface area contributed by atoms with Crippen LogP contribution in [0.25, 0.3) is 21.9 Å². The van der Waals surface area contributed by atoms with Crippen molar-refractivity contribution in [3.05, 3.63) is 87.7 Å². The number of fused-ring (bicyclic) bond motifs is 1. The highest BCUT2D eigenvalue weighted by molar-refractivity contribution is 6.02. The second-order valence-electron chi connectivity index (χ2n) is 7.08. The molecule has 3 aromatic carbocycles. The number of phenolic OH excluding ortho intramolecular Hbond substituents is 2. The molecule has 1 aromatic heterocycles. The molecule has 4 aromatic rings. The molecule has 0 radical (unpaired) electrons. The molecular weight excluding hydrogens is 380 g/mol. The third-order valence-electron chi connectivity index (χ3n) is 5.03. The number of H-pyrrole nitrogens is 1. The SMILES string of the molecule is Cc1ccccc1-c1ccc2c(=O)[nH]c(O)c(C=NCc3ccc(O)c(O)c3)c2c1. The molecule has 0 aliphatic heterocycles. The van der Waals surface area contributed by atoms with E-state index in [9.17, 15) is 20.1 Å². The Morgan fingerprint density at radius 2 is 1.73 bits per heavy atom. The highest BCUT2D eigenvalue weighted by atomic mass is 16.3. The summed E-state index contributed by atoms with van der Waals surface area (Å²) in [6, 6.07) is 17.9. The Kier molecular flexibility index (Phi) is 4.98. The zero-order chi connectivity index (χ0) is 21.3. The van der Waals surface area contributed by atoms with Gasteiger partial charge in [-0.3, -0.25) is 14.8 Å². The molecule has 0 saturated heterocycles. The molecule has 4 N–H and O–H groups in total. The van der Waals surface area contributed by atoms with Crippen molar-refractivity contribution in [1.29, 1.82) is 0 Å². The van der Waals surface area contributed by atoms with Crippen molar-refractivity contribution in [2.45, 2.75) is 13.5 Å². The van der Waals surface area contributed by atoms with Gasteiger partial charge in [-0.1, -0.05) is 36.4 Å². The average Bonchev–Trinajstić information content (AvgIpc) is 2.73. The van der Waals surface area contributed by atoms with Crippen LogP contribution < -0.4 is 5.56 Å². The highest BCUT2D eigenvalue weighted by Crippen LogP contribution is 2.29. The van der Waals surface area contributed by atoms with Crippen LogP contribution in [-0.2, 0) is 6.54 Å².